The molecule has 0 saturated carbocycles. The molecule has 0 aliphatic carbocycles. The van der Waals surface area contributed by atoms with E-state index in [4.69, 9.17) is 40.7 Å². The lowest BCUT2D eigenvalue weighted by Gasteiger charge is -2.05. The van der Waals surface area contributed by atoms with Crippen LogP contribution in [0.3, 0.4) is 0 Å². The first kappa shape index (κ1) is 12.1. The lowest BCUT2D eigenvalue weighted by Crippen LogP contribution is -1.88. The molecule has 0 aliphatic rings. The summed E-state index contributed by atoms with van der Waals surface area (Å²) in [5.74, 6) is 0. The molecule has 17 heavy (non-hydrogen) atoms. The summed E-state index contributed by atoms with van der Waals surface area (Å²) in [4.78, 5) is 2.97. The van der Waals surface area contributed by atoms with Gasteiger partial charge in [-0.05, 0) is 30.3 Å². The Morgan fingerprint density at radius 1 is 1.18 bits per heavy atom. The number of nitrogens with one attached hydrogen (secondary N) is 1. The van der Waals surface area contributed by atoms with E-state index in [1.54, 1.807) is 30.3 Å². The number of nitrogens with zero attached hydrogens (tertiary/aromatic N) is 1. The van der Waals surface area contributed by atoms with Crippen molar-refractivity contribution in [2.75, 3.05) is 0 Å². The molecule has 1 aromatic heterocycles. The van der Waals surface area contributed by atoms with Gasteiger partial charge in [-0.1, -0.05) is 35.4 Å². The molecule has 2 rings (SSSR count). The van der Waals surface area contributed by atoms with Crippen molar-refractivity contribution >= 4 is 35.4 Å². The van der Waals surface area contributed by atoms with Crippen molar-refractivity contribution in [1.82, 2.24) is 4.98 Å². The molecule has 5 heteroatoms. The van der Waals surface area contributed by atoms with E-state index in [2.05, 4.69) is 4.98 Å². The Morgan fingerprint density at radius 2 is 1.94 bits per heavy atom. The number of hydrogen-bond donors (Lipinski definition) is 1. The molecule has 0 aliphatic heterocycles. The lowest BCUT2D eigenvalue weighted by atomic mass is 10.1. The zero-order valence-corrected chi connectivity index (χ0v) is 10.8. The van der Waals surface area contributed by atoms with Gasteiger partial charge in [0.1, 0.15) is 10.7 Å². The van der Waals surface area contributed by atoms with Crippen LogP contribution in [0, 0.1) is 16.0 Å². The molecule has 1 N–H and O–H groups in total. The van der Waals surface area contributed by atoms with Crippen LogP contribution in [0.1, 0.15) is 5.56 Å². The molecule has 0 unspecified atom stereocenters. The molecular weight excluding hydrogens is 275 g/mol. The molecule has 84 valence electrons. The van der Waals surface area contributed by atoms with Crippen molar-refractivity contribution in [3.63, 3.8) is 0 Å². The number of benzene rings is 1. The SMILES string of the molecule is N#Cc1ccc(-c2ccc(Cl)cc2Cl)[nH]c1=S. The molecular formula is C12H6Cl2N2S. The summed E-state index contributed by atoms with van der Waals surface area (Å²) in [6.45, 7) is 0. The van der Waals surface area contributed by atoms with Crippen molar-refractivity contribution in [3.05, 3.63) is 50.6 Å². The number of rotatable bonds is 1. The van der Waals surface area contributed by atoms with Crippen LogP contribution >= 0.6 is 35.4 Å². The second-order valence-electron chi connectivity index (χ2n) is 3.35. The van der Waals surface area contributed by atoms with Gasteiger partial charge in [0.15, 0.2) is 0 Å². The Morgan fingerprint density at radius 3 is 2.53 bits per heavy atom. The van der Waals surface area contributed by atoms with E-state index in [1.807, 2.05) is 6.07 Å². The Bertz CT molecular complexity index is 671. The highest BCUT2D eigenvalue weighted by Gasteiger charge is 2.05. The number of halogens is 2. The fourth-order valence-electron chi connectivity index (χ4n) is 1.43. The van der Waals surface area contributed by atoms with Gasteiger partial charge < -0.3 is 4.98 Å². The second-order valence-corrected chi connectivity index (χ2v) is 4.60. The fourth-order valence-corrected chi connectivity index (χ4v) is 2.16. The van der Waals surface area contributed by atoms with Crippen LogP contribution in [-0.2, 0) is 0 Å². The zero-order valence-electron chi connectivity index (χ0n) is 8.50. The van der Waals surface area contributed by atoms with Gasteiger partial charge in [0.25, 0.3) is 0 Å². The maximum atomic E-state index is 8.79. The molecule has 0 amide bonds. The van der Waals surface area contributed by atoms with Crippen LogP contribution in [0.5, 0.6) is 0 Å². The zero-order chi connectivity index (χ0) is 12.4. The summed E-state index contributed by atoms with van der Waals surface area (Å²) in [7, 11) is 0. The van der Waals surface area contributed by atoms with Gasteiger partial charge in [-0.15, -0.1) is 0 Å². The number of nitriles is 1. The summed E-state index contributed by atoms with van der Waals surface area (Å²) < 4.78 is 0.399. The maximum Gasteiger partial charge on any atom is 0.121 e. The number of pyridine rings is 1. The number of aromatic nitrogens is 1. The molecule has 0 atom stereocenters. The number of aromatic amines is 1. The molecule has 2 nitrogen and oxygen atoms in total. The molecule has 0 radical (unpaired) electrons. The predicted molar refractivity (Wildman–Crippen MR) is 71.8 cm³/mol. The first-order valence-corrected chi connectivity index (χ1v) is 5.87. The Labute approximate surface area is 113 Å². The van der Waals surface area contributed by atoms with E-state index in [-0.39, 0.29) is 0 Å². The van der Waals surface area contributed by atoms with Crippen LogP contribution in [-0.4, -0.2) is 4.98 Å². The summed E-state index contributed by atoms with van der Waals surface area (Å²) >= 11 is 17.0. The van der Waals surface area contributed by atoms with E-state index >= 15 is 0 Å². The third-order valence-electron chi connectivity index (χ3n) is 2.25. The number of hydrogen-bond acceptors (Lipinski definition) is 2. The van der Waals surface area contributed by atoms with Gasteiger partial charge in [-0.2, -0.15) is 5.26 Å². The van der Waals surface area contributed by atoms with Crippen molar-refractivity contribution in [2.45, 2.75) is 0 Å². The van der Waals surface area contributed by atoms with Crippen molar-refractivity contribution < 1.29 is 0 Å². The van der Waals surface area contributed by atoms with Crippen LogP contribution in [0.25, 0.3) is 11.3 Å². The Kier molecular flexibility index (Phi) is 3.49. The molecule has 1 heterocycles. The highest BCUT2D eigenvalue weighted by molar-refractivity contribution is 7.71. The summed E-state index contributed by atoms with van der Waals surface area (Å²) in [5.41, 5.74) is 2.00. The van der Waals surface area contributed by atoms with Gasteiger partial charge in [0, 0.05) is 16.3 Å². The van der Waals surface area contributed by atoms with E-state index in [9.17, 15) is 0 Å². The second kappa shape index (κ2) is 4.89. The minimum absolute atomic E-state index is 0.399. The van der Waals surface area contributed by atoms with Crippen LogP contribution < -0.4 is 0 Å². The predicted octanol–water partition coefficient (Wildman–Crippen LogP) is 4.59. The highest BCUT2D eigenvalue weighted by atomic mass is 35.5. The monoisotopic (exact) mass is 280 g/mol. The molecule has 0 bridgehead atoms. The van der Waals surface area contributed by atoms with Gasteiger partial charge in [-0.25, -0.2) is 0 Å². The van der Waals surface area contributed by atoms with Gasteiger partial charge in [-0.3, -0.25) is 0 Å². The van der Waals surface area contributed by atoms with Crippen molar-refractivity contribution in [2.24, 2.45) is 0 Å². The quantitative estimate of drug-likeness (QED) is 0.776. The van der Waals surface area contributed by atoms with E-state index < -0.39 is 0 Å². The lowest BCUT2D eigenvalue weighted by molar-refractivity contribution is 1.27. The van der Waals surface area contributed by atoms with Crippen LogP contribution in [0.2, 0.25) is 10.0 Å². The van der Waals surface area contributed by atoms with Crippen LogP contribution in [0.15, 0.2) is 30.3 Å². The molecule has 2 aromatic rings. The Hall–Kier alpha value is -1.34. The average Bonchev–Trinajstić information content (AvgIpc) is 2.29. The third-order valence-corrected chi connectivity index (χ3v) is 3.12. The molecule has 0 fully saturated rings. The standard InChI is InChI=1S/C12H6Cl2N2S/c13-8-2-3-9(10(14)5-8)11-4-1-7(6-15)12(17)16-11/h1-5H,(H,16,17). The van der Waals surface area contributed by atoms with Crippen molar-refractivity contribution in [1.29, 1.82) is 5.26 Å². The molecule has 1 aromatic carbocycles. The summed E-state index contributed by atoms with van der Waals surface area (Å²) in [5, 5.41) is 9.90. The summed E-state index contributed by atoms with van der Waals surface area (Å²) in [6, 6.07) is 10.7. The largest absolute Gasteiger partial charge is 0.345 e. The van der Waals surface area contributed by atoms with E-state index in [0.717, 1.165) is 11.3 Å². The first-order valence-electron chi connectivity index (χ1n) is 4.70. The van der Waals surface area contributed by atoms with Crippen LogP contribution in [0.4, 0.5) is 0 Å². The average molecular weight is 281 g/mol. The highest BCUT2D eigenvalue weighted by Crippen LogP contribution is 2.29. The Balaban J connectivity index is 2.58. The smallest absolute Gasteiger partial charge is 0.121 e. The summed E-state index contributed by atoms with van der Waals surface area (Å²) in [6.07, 6.45) is 0. The topological polar surface area (TPSA) is 39.6 Å². The van der Waals surface area contributed by atoms with E-state index in [1.165, 1.54) is 0 Å². The van der Waals surface area contributed by atoms with Gasteiger partial charge in [0.05, 0.1) is 10.6 Å². The molecule has 0 saturated heterocycles. The van der Waals surface area contributed by atoms with Crippen molar-refractivity contribution in [3.8, 4) is 17.3 Å². The minimum Gasteiger partial charge on any atom is -0.345 e. The van der Waals surface area contributed by atoms with Gasteiger partial charge >= 0.3 is 0 Å². The number of H-pyrrole nitrogens is 1. The maximum absolute atomic E-state index is 8.79. The minimum atomic E-state index is 0.399. The normalized spacial score (nSPS) is 9.94. The first-order chi connectivity index (χ1) is 8.11. The fraction of sp³-hybridized carbons (Fsp3) is 0. The van der Waals surface area contributed by atoms with E-state index in [0.29, 0.717) is 20.2 Å². The molecule has 0 spiro atoms. The third kappa shape index (κ3) is 2.50. The van der Waals surface area contributed by atoms with Gasteiger partial charge in [0.2, 0.25) is 0 Å².